The van der Waals surface area contributed by atoms with Gasteiger partial charge in [0.25, 0.3) is 0 Å². The lowest BCUT2D eigenvalue weighted by molar-refractivity contribution is -0.396. The average molecular weight is 183 g/mol. The Kier molecular flexibility index (Phi) is 2.76. The SMILES string of the molecule is C=CC(O)Cn1ccnc1[N+](=O)[O-]. The van der Waals surface area contributed by atoms with Gasteiger partial charge in [-0.25, -0.2) is 4.57 Å². The van der Waals surface area contributed by atoms with Crippen LogP contribution in [0.3, 0.4) is 0 Å². The van der Waals surface area contributed by atoms with E-state index in [-0.39, 0.29) is 12.5 Å². The molecule has 1 heterocycles. The summed E-state index contributed by atoms with van der Waals surface area (Å²) in [7, 11) is 0. The Morgan fingerprint density at radius 1 is 1.92 bits per heavy atom. The first-order valence-corrected chi connectivity index (χ1v) is 3.61. The van der Waals surface area contributed by atoms with Crippen molar-refractivity contribution in [1.82, 2.24) is 9.55 Å². The largest absolute Gasteiger partial charge is 0.434 e. The van der Waals surface area contributed by atoms with Crippen molar-refractivity contribution in [1.29, 1.82) is 0 Å². The van der Waals surface area contributed by atoms with Crippen molar-refractivity contribution in [3.05, 3.63) is 35.2 Å². The number of hydrogen-bond donors (Lipinski definition) is 1. The summed E-state index contributed by atoms with van der Waals surface area (Å²) in [6.45, 7) is 3.46. The van der Waals surface area contributed by atoms with Crippen LogP contribution >= 0.6 is 0 Å². The van der Waals surface area contributed by atoms with Crippen LogP contribution in [0.4, 0.5) is 5.95 Å². The van der Waals surface area contributed by atoms with Gasteiger partial charge in [0.2, 0.25) is 0 Å². The van der Waals surface area contributed by atoms with E-state index in [9.17, 15) is 10.1 Å². The van der Waals surface area contributed by atoms with E-state index in [0.717, 1.165) is 0 Å². The Balaban J connectivity index is 2.82. The van der Waals surface area contributed by atoms with Crippen molar-refractivity contribution in [2.24, 2.45) is 0 Å². The number of nitrogens with zero attached hydrogens (tertiary/aromatic N) is 3. The molecule has 6 nitrogen and oxygen atoms in total. The molecule has 70 valence electrons. The maximum absolute atomic E-state index is 10.4. The summed E-state index contributed by atoms with van der Waals surface area (Å²) in [5, 5.41) is 19.5. The van der Waals surface area contributed by atoms with Gasteiger partial charge in [0.05, 0.1) is 0 Å². The topological polar surface area (TPSA) is 81.2 Å². The molecule has 1 aromatic rings. The highest BCUT2D eigenvalue weighted by Crippen LogP contribution is 2.08. The molecule has 0 aromatic carbocycles. The monoisotopic (exact) mass is 183 g/mol. The van der Waals surface area contributed by atoms with Crippen LogP contribution < -0.4 is 0 Å². The molecule has 0 spiro atoms. The molecule has 1 unspecified atom stereocenters. The van der Waals surface area contributed by atoms with Gasteiger partial charge in [-0.2, -0.15) is 0 Å². The summed E-state index contributed by atoms with van der Waals surface area (Å²) in [6.07, 6.45) is 3.26. The highest BCUT2D eigenvalue weighted by Gasteiger charge is 2.15. The summed E-state index contributed by atoms with van der Waals surface area (Å²) in [5.41, 5.74) is 0. The predicted octanol–water partition coefficient (Wildman–Crippen LogP) is 0.338. The third-order valence-electron chi connectivity index (χ3n) is 1.51. The van der Waals surface area contributed by atoms with Crippen LogP contribution in [0.25, 0.3) is 0 Å². The fourth-order valence-corrected chi connectivity index (χ4v) is 0.892. The van der Waals surface area contributed by atoms with Gasteiger partial charge < -0.3 is 15.2 Å². The molecule has 0 bridgehead atoms. The Hall–Kier alpha value is -1.69. The fourth-order valence-electron chi connectivity index (χ4n) is 0.892. The van der Waals surface area contributed by atoms with Crippen LogP contribution in [-0.4, -0.2) is 25.7 Å². The van der Waals surface area contributed by atoms with E-state index in [4.69, 9.17) is 5.11 Å². The number of imidazole rings is 1. The molecule has 1 rings (SSSR count). The molecule has 1 N–H and O–H groups in total. The van der Waals surface area contributed by atoms with Gasteiger partial charge in [0, 0.05) is 0 Å². The molecule has 0 radical (unpaired) electrons. The van der Waals surface area contributed by atoms with Gasteiger partial charge >= 0.3 is 5.95 Å². The minimum Gasteiger partial charge on any atom is -0.390 e. The first kappa shape index (κ1) is 9.40. The highest BCUT2D eigenvalue weighted by molar-refractivity contribution is 5.07. The number of hydrogen-bond acceptors (Lipinski definition) is 4. The van der Waals surface area contributed by atoms with Crippen molar-refractivity contribution in [2.45, 2.75) is 12.6 Å². The quantitative estimate of drug-likeness (QED) is 0.414. The van der Waals surface area contributed by atoms with Gasteiger partial charge in [0.1, 0.15) is 25.0 Å². The summed E-state index contributed by atoms with van der Waals surface area (Å²) >= 11 is 0. The lowest BCUT2D eigenvalue weighted by atomic mass is 10.3. The number of rotatable bonds is 4. The Morgan fingerprint density at radius 3 is 3.15 bits per heavy atom. The van der Waals surface area contributed by atoms with E-state index in [2.05, 4.69) is 11.6 Å². The van der Waals surface area contributed by atoms with Crippen LogP contribution in [0.1, 0.15) is 0 Å². The van der Waals surface area contributed by atoms with Crippen LogP contribution in [-0.2, 0) is 6.54 Å². The smallest absolute Gasteiger partial charge is 0.390 e. The average Bonchev–Trinajstić information content (AvgIpc) is 2.52. The Bertz CT molecular complexity index is 321. The summed E-state index contributed by atoms with van der Waals surface area (Å²) in [5.74, 6) is -0.277. The molecule has 0 aliphatic heterocycles. The van der Waals surface area contributed by atoms with Crippen LogP contribution in [0.2, 0.25) is 0 Å². The first-order chi connectivity index (χ1) is 6.15. The molecular weight excluding hydrogens is 174 g/mol. The molecule has 0 aliphatic rings. The summed E-state index contributed by atoms with van der Waals surface area (Å²) < 4.78 is 1.26. The zero-order valence-electron chi connectivity index (χ0n) is 6.83. The first-order valence-electron chi connectivity index (χ1n) is 3.61. The standard InChI is InChI=1S/C7H9N3O3/c1-2-6(11)5-9-4-3-8-7(9)10(12)13/h2-4,6,11H,1,5H2. The van der Waals surface area contributed by atoms with Crippen LogP contribution in [0, 0.1) is 10.1 Å². The lowest BCUT2D eigenvalue weighted by Crippen LogP contribution is -2.14. The second kappa shape index (κ2) is 3.81. The van der Waals surface area contributed by atoms with Gasteiger partial charge in [-0.05, 0) is 4.92 Å². The van der Waals surface area contributed by atoms with Crippen molar-refractivity contribution in [3.63, 3.8) is 0 Å². The molecule has 1 aromatic heterocycles. The van der Waals surface area contributed by atoms with E-state index in [1.165, 1.54) is 23.0 Å². The van der Waals surface area contributed by atoms with E-state index >= 15 is 0 Å². The Labute approximate surface area is 74.3 Å². The molecule has 0 aliphatic carbocycles. The highest BCUT2D eigenvalue weighted by atomic mass is 16.6. The zero-order chi connectivity index (χ0) is 9.84. The number of aliphatic hydroxyl groups excluding tert-OH is 1. The molecule has 13 heavy (non-hydrogen) atoms. The molecule has 6 heteroatoms. The minimum absolute atomic E-state index is 0.0970. The fraction of sp³-hybridized carbons (Fsp3) is 0.286. The van der Waals surface area contributed by atoms with Gasteiger partial charge in [-0.3, -0.25) is 0 Å². The van der Waals surface area contributed by atoms with Crippen LogP contribution in [0.15, 0.2) is 25.0 Å². The third-order valence-corrected chi connectivity index (χ3v) is 1.51. The molecule has 0 saturated carbocycles. The van der Waals surface area contributed by atoms with E-state index in [1.54, 1.807) is 0 Å². The molecule has 0 saturated heterocycles. The molecular formula is C7H9N3O3. The number of aliphatic hydroxyl groups is 1. The van der Waals surface area contributed by atoms with Gasteiger partial charge in [-0.15, -0.1) is 6.58 Å². The second-order valence-corrected chi connectivity index (χ2v) is 2.44. The van der Waals surface area contributed by atoms with E-state index < -0.39 is 11.0 Å². The third kappa shape index (κ3) is 2.12. The van der Waals surface area contributed by atoms with Gasteiger partial charge in [0.15, 0.2) is 0 Å². The van der Waals surface area contributed by atoms with Crippen molar-refractivity contribution in [3.8, 4) is 0 Å². The maximum atomic E-state index is 10.4. The van der Waals surface area contributed by atoms with Crippen molar-refractivity contribution in [2.75, 3.05) is 0 Å². The second-order valence-electron chi connectivity index (χ2n) is 2.44. The predicted molar refractivity (Wildman–Crippen MR) is 45.1 cm³/mol. The number of aromatic nitrogens is 2. The van der Waals surface area contributed by atoms with Crippen molar-refractivity contribution < 1.29 is 10.0 Å². The van der Waals surface area contributed by atoms with Crippen LogP contribution in [0.5, 0.6) is 0 Å². The summed E-state index contributed by atoms with van der Waals surface area (Å²) in [4.78, 5) is 13.3. The minimum atomic E-state index is -0.798. The summed E-state index contributed by atoms with van der Waals surface area (Å²) in [6, 6.07) is 0. The molecule has 0 amide bonds. The van der Waals surface area contributed by atoms with Gasteiger partial charge in [-0.1, -0.05) is 11.1 Å². The lowest BCUT2D eigenvalue weighted by Gasteiger charge is -2.03. The maximum Gasteiger partial charge on any atom is 0.434 e. The number of nitro groups is 1. The van der Waals surface area contributed by atoms with E-state index in [0.29, 0.717) is 0 Å². The molecule has 1 atom stereocenters. The van der Waals surface area contributed by atoms with E-state index in [1.807, 2.05) is 0 Å². The zero-order valence-corrected chi connectivity index (χ0v) is 6.83. The Morgan fingerprint density at radius 2 is 2.62 bits per heavy atom. The molecule has 0 fully saturated rings. The van der Waals surface area contributed by atoms with Crippen molar-refractivity contribution >= 4 is 5.95 Å². The normalized spacial score (nSPS) is 12.4.